The molecule has 2 heterocycles. The van der Waals surface area contributed by atoms with E-state index in [2.05, 4.69) is 9.88 Å². The number of aromatic amines is 1. The average molecular weight is 434 g/mol. The Kier molecular flexibility index (Phi) is 6.90. The number of hydrogen-bond acceptors (Lipinski definition) is 4. The van der Waals surface area contributed by atoms with Crippen LogP contribution < -0.4 is 4.74 Å². The molecular formula is C26H31N3O3. The summed E-state index contributed by atoms with van der Waals surface area (Å²) < 4.78 is 5.19. The smallest absolute Gasteiger partial charge is 0.222 e. The van der Waals surface area contributed by atoms with Crippen molar-refractivity contribution in [3.05, 3.63) is 65.4 Å². The summed E-state index contributed by atoms with van der Waals surface area (Å²) >= 11 is 0. The number of nitrogens with zero attached hydrogens (tertiary/aromatic N) is 2. The highest BCUT2D eigenvalue weighted by Crippen LogP contribution is 2.23. The van der Waals surface area contributed by atoms with Gasteiger partial charge < -0.3 is 14.6 Å². The molecule has 0 spiro atoms. The van der Waals surface area contributed by atoms with Crippen molar-refractivity contribution in [2.45, 2.75) is 26.2 Å². The van der Waals surface area contributed by atoms with Crippen molar-refractivity contribution in [1.82, 2.24) is 14.8 Å². The van der Waals surface area contributed by atoms with Gasteiger partial charge in [-0.1, -0.05) is 30.3 Å². The van der Waals surface area contributed by atoms with E-state index in [1.807, 2.05) is 60.4 Å². The molecule has 0 aliphatic carbocycles. The Balaban J connectivity index is 1.31. The molecule has 0 radical (unpaired) electrons. The Morgan fingerprint density at radius 1 is 1.00 bits per heavy atom. The quantitative estimate of drug-likeness (QED) is 0.575. The molecule has 1 aliphatic heterocycles. The number of hydrogen-bond donors (Lipinski definition) is 1. The van der Waals surface area contributed by atoms with E-state index in [1.165, 1.54) is 0 Å². The van der Waals surface area contributed by atoms with E-state index in [9.17, 15) is 9.59 Å². The number of ketones is 1. The molecule has 0 atom stereocenters. The summed E-state index contributed by atoms with van der Waals surface area (Å²) in [4.78, 5) is 33.3. The largest absolute Gasteiger partial charge is 0.497 e. The van der Waals surface area contributed by atoms with Crippen LogP contribution in [0.3, 0.4) is 0 Å². The van der Waals surface area contributed by atoms with Crippen LogP contribution in [0.15, 0.2) is 48.5 Å². The SMILES string of the molecule is COc1ccc(CCC(=O)N2CCCN(CC(=O)c3c(C)[nH]c4ccccc34)CC2)cc1. The average Bonchev–Trinajstić information content (AvgIpc) is 2.97. The van der Waals surface area contributed by atoms with Crippen LogP contribution in [-0.4, -0.2) is 66.3 Å². The van der Waals surface area contributed by atoms with Crippen LogP contribution in [0.1, 0.15) is 34.5 Å². The normalized spacial score (nSPS) is 15.0. The van der Waals surface area contributed by atoms with E-state index < -0.39 is 0 Å². The van der Waals surface area contributed by atoms with E-state index in [0.29, 0.717) is 19.5 Å². The molecule has 1 amide bonds. The van der Waals surface area contributed by atoms with E-state index in [0.717, 1.165) is 65.9 Å². The van der Waals surface area contributed by atoms with Gasteiger partial charge in [0.25, 0.3) is 0 Å². The number of nitrogens with one attached hydrogen (secondary N) is 1. The zero-order chi connectivity index (χ0) is 22.5. The van der Waals surface area contributed by atoms with Gasteiger partial charge in [-0.2, -0.15) is 0 Å². The van der Waals surface area contributed by atoms with E-state index in [-0.39, 0.29) is 11.7 Å². The Bertz CT molecular complexity index is 1090. The van der Waals surface area contributed by atoms with Crippen LogP contribution in [0.4, 0.5) is 0 Å². The minimum Gasteiger partial charge on any atom is -0.497 e. The van der Waals surface area contributed by atoms with Crippen LogP contribution in [0.2, 0.25) is 0 Å². The highest BCUT2D eigenvalue weighted by atomic mass is 16.5. The Morgan fingerprint density at radius 2 is 1.78 bits per heavy atom. The zero-order valence-electron chi connectivity index (χ0n) is 18.9. The van der Waals surface area contributed by atoms with Gasteiger partial charge in [0.2, 0.25) is 5.91 Å². The van der Waals surface area contributed by atoms with Crippen LogP contribution >= 0.6 is 0 Å². The lowest BCUT2D eigenvalue weighted by molar-refractivity contribution is -0.131. The number of H-pyrrole nitrogens is 1. The summed E-state index contributed by atoms with van der Waals surface area (Å²) in [6, 6.07) is 15.8. The summed E-state index contributed by atoms with van der Waals surface area (Å²) in [6.07, 6.45) is 2.11. The molecule has 6 nitrogen and oxygen atoms in total. The molecule has 0 bridgehead atoms. The number of aromatic nitrogens is 1. The third-order valence-electron chi connectivity index (χ3n) is 6.27. The fraction of sp³-hybridized carbons (Fsp3) is 0.385. The standard InChI is InChI=1S/C26H31N3O3/c1-19-26(22-6-3-4-7-23(22)27-19)24(30)18-28-14-5-15-29(17-16-28)25(31)13-10-20-8-11-21(32-2)12-9-20/h3-4,6-9,11-12,27H,5,10,13-18H2,1-2H3. The topological polar surface area (TPSA) is 65.6 Å². The first-order valence-corrected chi connectivity index (χ1v) is 11.3. The molecule has 1 N–H and O–H groups in total. The molecule has 0 unspecified atom stereocenters. The second-order valence-corrected chi connectivity index (χ2v) is 8.45. The van der Waals surface area contributed by atoms with Gasteiger partial charge in [-0.05, 0) is 43.5 Å². The molecule has 1 aromatic heterocycles. The van der Waals surface area contributed by atoms with Gasteiger partial charge in [-0.15, -0.1) is 0 Å². The molecule has 1 saturated heterocycles. The van der Waals surface area contributed by atoms with Gasteiger partial charge in [0.15, 0.2) is 5.78 Å². The number of para-hydroxylation sites is 1. The number of methoxy groups -OCH3 is 1. The molecule has 1 aliphatic rings. The van der Waals surface area contributed by atoms with Crippen molar-refractivity contribution in [3.8, 4) is 5.75 Å². The fourth-order valence-electron chi connectivity index (χ4n) is 4.50. The lowest BCUT2D eigenvalue weighted by Gasteiger charge is -2.22. The summed E-state index contributed by atoms with van der Waals surface area (Å²) in [7, 11) is 1.65. The first kappa shape index (κ1) is 22.1. The third-order valence-corrected chi connectivity index (χ3v) is 6.27. The Morgan fingerprint density at radius 3 is 2.56 bits per heavy atom. The van der Waals surface area contributed by atoms with Crippen LogP contribution in [-0.2, 0) is 11.2 Å². The lowest BCUT2D eigenvalue weighted by atomic mass is 10.1. The maximum atomic E-state index is 13.1. The van der Waals surface area contributed by atoms with Crippen molar-refractivity contribution in [2.75, 3.05) is 39.8 Å². The van der Waals surface area contributed by atoms with Crippen LogP contribution in [0.25, 0.3) is 10.9 Å². The van der Waals surface area contributed by atoms with Gasteiger partial charge >= 0.3 is 0 Å². The molecule has 4 rings (SSSR count). The maximum absolute atomic E-state index is 13.1. The molecule has 32 heavy (non-hydrogen) atoms. The number of fused-ring (bicyclic) bond motifs is 1. The summed E-state index contributed by atoms with van der Waals surface area (Å²) in [6.45, 7) is 5.31. The molecule has 168 valence electrons. The first-order valence-electron chi connectivity index (χ1n) is 11.3. The fourth-order valence-corrected chi connectivity index (χ4v) is 4.50. The van der Waals surface area contributed by atoms with E-state index >= 15 is 0 Å². The van der Waals surface area contributed by atoms with Gasteiger partial charge in [-0.3, -0.25) is 14.5 Å². The van der Waals surface area contributed by atoms with Gasteiger partial charge in [0.1, 0.15) is 5.75 Å². The second-order valence-electron chi connectivity index (χ2n) is 8.45. The number of rotatable bonds is 7. The highest BCUT2D eigenvalue weighted by molar-refractivity contribution is 6.10. The highest BCUT2D eigenvalue weighted by Gasteiger charge is 2.23. The number of ether oxygens (including phenoxy) is 1. The van der Waals surface area contributed by atoms with Crippen molar-refractivity contribution >= 4 is 22.6 Å². The van der Waals surface area contributed by atoms with Crippen molar-refractivity contribution < 1.29 is 14.3 Å². The Labute approximate surface area is 189 Å². The number of Topliss-reactive ketones (excluding diaryl/α,β-unsaturated/α-hetero) is 1. The second kappa shape index (κ2) is 10.0. The zero-order valence-corrected chi connectivity index (χ0v) is 18.9. The number of aryl methyl sites for hydroxylation is 2. The van der Waals surface area contributed by atoms with Gasteiger partial charge in [0, 0.05) is 54.8 Å². The monoisotopic (exact) mass is 433 g/mol. The van der Waals surface area contributed by atoms with Crippen LogP contribution in [0, 0.1) is 6.92 Å². The lowest BCUT2D eigenvalue weighted by Crippen LogP contribution is -2.36. The van der Waals surface area contributed by atoms with Gasteiger partial charge in [0.05, 0.1) is 13.7 Å². The van der Waals surface area contributed by atoms with Crippen molar-refractivity contribution in [2.24, 2.45) is 0 Å². The predicted octanol–water partition coefficient (Wildman–Crippen LogP) is 3.83. The molecule has 6 heteroatoms. The van der Waals surface area contributed by atoms with Crippen LogP contribution in [0.5, 0.6) is 5.75 Å². The molecular weight excluding hydrogens is 402 g/mol. The number of amides is 1. The maximum Gasteiger partial charge on any atom is 0.222 e. The Hall–Kier alpha value is -3.12. The third kappa shape index (κ3) is 5.02. The predicted molar refractivity (Wildman–Crippen MR) is 126 cm³/mol. The van der Waals surface area contributed by atoms with Gasteiger partial charge in [-0.25, -0.2) is 0 Å². The molecule has 2 aromatic carbocycles. The summed E-state index contributed by atoms with van der Waals surface area (Å²) in [5.74, 6) is 1.14. The van der Waals surface area contributed by atoms with E-state index in [1.54, 1.807) is 7.11 Å². The summed E-state index contributed by atoms with van der Waals surface area (Å²) in [5, 5.41) is 0.986. The number of carbonyl (C=O) groups excluding carboxylic acids is 2. The van der Waals surface area contributed by atoms with Crippen molar-refractivity contribution in [3.63, 3.8) is 0 Å². The van der Waals surface area contributed by atoms with E-state index in [4.69, 9.17) is 4.74 Å². The summed E-state index contributed by atoms with van der Waals surface area (Å²) in [5.41, 5.74) is 3.84. The molecule has 3 aromatic rings. The first-order chi connectivity index (χ1) is 15.5. The van der Waals surface area contributed by atoms with Crippen molar-refractivity contribution in [1.29, 1.82) is 0 Å². The molecule has 0 saturated carbocycles. The minimum atomic E-state index is 0.138. The molecule has 1 fully saturated rings. The minimum absolute atomic E-state index is 0.138. The number of carbonyl (C=O) groups is 2. The number of benzene rings is 2.